The van der Waals surface area contributed by atoms with Gasteiger partial charge in [0.2, 0.25) is 5.88 Å². The number of ketones is 1. The molecule has 0 atom stereocenters. The standard InChI is InChI=1S/C15H12N2O2/c1-19-14-8-10(6-7-16-14)15(18)12-9-17-13-5-3-2-4-11(12)13/h2-9,17H,1H3. The number of ether oxygens (including phenoxy) is 1. The summed E-state index contributed by atoms with van der Waals surface area (Å²) in [4.78, 5) is 19.6. The van der Waals surface area contributed by atoms with Crippen LogP contribution in [0.2, 0.25) is 0 Å². The second-order valence-corrected chi connectivity index (χ2v) is 4.16. The smallest absolute Gasteiger partial charge is 0.213 e. The topological polar surface area (TPSA) is 55.0 Å². The average molecular weight is 252 g/mol. The van der Waals surface area contributed by atoms with E-state index in [4.69, 9.17) is 4.74 Å². The first-order chi connectivity index (χ1) is 9.29. The number of hydrogen-bond acceptors (Lipinski definition) is 3. The molecule has 3 aromatic rings. The number of rotatable bonds is 3. The van der Waals surface area contributed by atoms with Crippen LogP contribution >= 0.6 is 0 Å². The van der Waals surface area contributed by atoms with E-state index in [-0.39, 0.29) is 5.78 Å². The van der Waals surface area contributed by atoms with Gasteiger partial charge in [0.05, 0.1) is 7.11 Å². The quantitative estimate of drug-likeness (QED) is 0.729. The SMILES string of the molecule is COc1cc(C(=O)c2c[nH]c3ccccc23)ccn1. The van der Waals surface area contributed by atoms with Crippen LogP contribution in [0.3, 0.4) is 0 Å². The average Bonchev–Trinajstić information content (AvgIpc) is 2.90. The van der Waals surface area contributed by atoms with Crippen molar-refractivity contribution in [3.8, 4) is 5.88 Å². The fourth-order valence-electron chi connectivity index (χ4n) is 2.08. The van der Waals surface area contributed by atoms with Gasteiger partial charge in [0.1, 0.15) is 0 Å². The lowest BCUT2D eigenvalue weighted by Gasteiger charge is -2.02. The first-order valence-electron chi connectivity index (χ1n) is 5.90. The molecular weight excluding hydrogens is 240 g/mol. The van der Waals surface area contributed by atoms with E-state index in [2.05, 4.69) is 9.97 Å². The van der Waals surface area contributed by atoms with Crippen molar-refractivity contribution >= 4 is 16.7 Å². The number of methoxy groups -OCH3 is 1. The van der Waals surface area contributed by atoms with Gasteiger partial charge in [-0.05, 0) is 12.1 Å². The Morgan fingerprint density at radius 3 is 2.95 bits per heavy atom. The van der Waals surface area contributed by atoms with Crippen molar-refractivity contribution in [1.29, 1.82) is 0 Å². The van der Waals surface area contributed by atoms with Gasteiger partial charge in [-0.2, -0.15) is 0 Å². The van der Waals surface area contributed by atoms with Gasteiger partial charge in [0, 0.05) is 40.5 Å². The molecule has 0 aliphatic heterocycles. The van der Waals surface area contributed by atoms with Crippen LogP contribution in [0.4, 0.5) is 0 Å². The minimum atomic E-state index is -0.0434. The van der Waals surface area contributed by atoms with Crippen LogP contribution in [0.1, 0.15) is 15.9 Å². The lowest BCUT2D eigenvalue weighted by molar-refractivity contribution is 0.104. The van der Waals surface area contributed by atoms with Crippen LogP contribution in [0.15, 0.2) is 48.8 Å². The Morgan fingerprint density at radius 1 is 1.26 bits per heavy atom. The van der Waals surface area contributed by atoms with Crippen molar-refractivity contribution in [1.82, 2.24) is 9.97 Å². The second kappa shape index (κ2) is 4.57. The normalized spacial score (nSPS) is 10.6. The first-order valence-corrected chi connectivity index (χ1v) is 5.90. The number of nitrogens with one attached hydrogen (secondary N) is 1. The zero-order chi connectivity index (χ0) is 13.2. The highest BCUT2D eigenvalue weighted by Gasteiger charge is 2.14. The fourth-order valence-corrected chi connectivity index (χ4v) is 2.08. The number of aromatic nitrogens is 2. The van der Waals surface area contributed by atoms with Gasteiger partial charge in [0.25, 0.3) is 0 Å². The molecule has 2 aromatic heterocycles. The van der Waals surface area contributed by atoms with Gasteiger partial charge in [0.15, 0.2) is 5.78 Å². The maximum absolute atomic E-state index is 12.5. The number of hydrogen-bond donors (Lipinski definition) is 1. The Hall–Kier alpha value is -2.62. The summed E-state index contributed by atoms with van der Waals surface area (Å²) in [5.74, 6) is 0.392. The highest BCUT2D eigenvalue weighted by molar-refractivity contribution is 6.16. The molecule has 0 fully saturated rings. The van der Waals surface area contributed by atoms with Gasteiger partial charge in [-0.3, -0.25) is 4.79 Å². The van der Waals surface area contributed by atoms with E-state index >= 15 is 0 Å². The first kappa shape index (κ1) is 11.5. The van der Waals surface area contributed by atoms with E-state index in [1.165, 1.54) is 7.11 Å². The summed E-state index contributed by atoms with van der Waals surface area (Å²) in [7, 11) is 1.53. The van der Waals surface area contributed by atoms with E-state index in [0.717, 1.165) is 10.9 Å². The monoisotopic (exact) mass is 252 g/mol. The molecule has 1 N–H and O–H groups in total. The number of para-hydroxylation sites is 1. The minimum absolute atomic E-state index is 0.0434. The zero-order valence-electron chi connectivity index (χ0n) is 10.4. The van der Waals surface area contributed by atoms with Crippen molar-refractivity contribution in [2.24, 2.45) is 0 Å². The van der Waals surface area contributed by atoms with E-state index in [1.54, 1.807) is 24.5 Å². The van der Waals surface area contributed by atoms with Crippen molar-refractivity contribution in [3.05, 3.63) is 59.9 Å². The fraction of sp³-hybridized carbons (Fsp3) is 0.0667. The number of carbonyl (C=O) groups excluding carboxylic acids is 1. The van der Waals surface area contributed by atoms with Gasteiger partial charge < -0.3 is 9.72 Å². The highest BCUT2D eigenvalue weighted by Crippen LogP contribution is 2.21. The molecule has 0 unspecified atom stereocenters. The van der Waals surface area contributed by atoms with Crippen LogP contribution in [-0.2, 0) is 0 Å². The predicted octanol–water partition coefficient (Wildman–Crippen LogP) is 2.80. The maximum Gasteiger partial charge on any atom is 0.213 e. The van der Waals surface area contributed by atoms with Crippen LogP contribution < -0.4 is 4.74 Å². The number of H-pyrrole nitrogens is 1. The predicted molar refractivity (Wildman–Crippen MR) is 72.5 cm³/mol. The van der Waals surface area contributed by atoms with E-state index in [9.17, 15) is 4.79 Å². The van der Waals surface area contributed by atoms with Crippen LogP contribution in [0.25, 0.3) is 10.9 Å². The highest BCUT2D eigenvalue weighted by atomic mass is 16.5. The number of carbonyl (C=O) groups is 1. The molecule has 3 rings (SSSR count). The van der Waals surface area contributed by atoms with E-state index in [1.807, 2.05) is 24.3 Å². The molecule has 0 aliphatic carbocycles. The second-order valence-electron chi connectivity index (χ2n) is 4.16. The Balaban J connectivity index is 2.08. The summed E-state index contributed by atoms with van der Waals surface area (Å²) < 4.78 is 5.04. The van der Waals surface area contributed by atoms with Gasteiger partial charge in [-0.1, -0.05) is 18.2 Å². The summed E-state index contributed by atoms with van der Waals surface area (Å²) in [6, 6.07) is 11.1. The maximum atomic E-state index is 12.5. The molecule has 2 heterocycles. The lowest BCUT2D eigenvalue weighted by Crippen LogP contribution is -2.01. The third-order valence-corrected chi connectivity index (χ3v) is 3.04. The van der Waals surface area contributed by atoms with Gasteiger partial charge >= 0.3 is 0 Å². The van der Waals surface area contributed by atoms with Crippen LogP contribution in [0.5, 0.6) is 5.88 Å². The molecule has 0 saturated heterocycles. The largest absolute Gasteiger partial charge is 0.481 e. The number of nitrogens with zero attached hydrogens (tertiary/aromatic N) is 1. The van der Waals surface area contributed by atoms with Crippen LogP contribution in [0, 0.1) is 0 Å². The summed E-state index contributed by atoms with van der Waals surface area (Å²) in [6.07, 6.45) is 3.31. The Bertz CT molecular complexity index is 746. The third-order valence-electron chi connectivity index (χ3n) is 3.04. The molecule has 0 spiro atoms. The van der Waals surface area contributed by atoms with Gasteiger partial charge in [-0.25, -0.2) is 4.98 Å². The molecule has 1 aromatic carbocycles. The molecule has 0 aliphatic rings. The minimum Gasteiger partial charge on any atom is -0.481 e. The van der Waals surface area contributed by atoms with E-state index in [0.29, 0.717) is 17.0 Å². The Kier molecular flexibility index (Phi) is 2.76. The van der Waals surface area contributed by atoms with Crippen LogP contribution in [-0.4, -0.2) is 22.9 Å². The zero-order valence-corrected chi connectivity index (χ0v) is 10.4. The molecule has 4 heteroatoms. The number of benzene rings is 1. The summed E-state index contributed by atoms with van der Waals surface area (Å²) in [5, 5.41) is 0.920. The molecule has 94 valence electrons. The molecule has 0 amide bonds. The molecule has 0 bridgehead atoms. The Morgan fingerprint density at radius 2 is 2.11 bits per heavy atom. The van der Waals surface area contributed by atoms with Crippen molar-refractivity contribution in [3.63, 3.8) is 0 Å². The van der Waals surface area contributed by atoms with Crippen molar-refractivity contribution < 1.29 is 9.53 Å². The molecule has 0 radical (unpaired) electrons. The lowest BCUT2D eigenvalue weighted by atomic mass is 10.0. The van der Waals surface area contributed by atoms with E-state index < -0.39 is 0 Å². The van der Waals surface area contributed by atoms with Crippen molar-refractivity contribution in [2.45, 2.75) is 0 Å². The Labute approximate surface area is 110 Å². The summed E-state index contributed by atoms with van der Waals surface area (Å²) in [6.45, 7) is 0. The number of pyridine rings is 1. The summed E-state index contributed by atoms with van der Waals surface area (Å²) in [5.41, 5.74) is 2.17. The van der Waals surface area contributed by atoms with Crippen molar-refractivity contribution in [2.75, 3.05) is 7.11 Å². The number of fused-ring (bicyclic) bond motifs is 1. The molecule has 0 saturated carbocycles. The molecule has 19 heavy (non-hydrogen) atoms. The third kappa shape index (κ3) is 1.97. The summed E-state index contributed by atoms with van der Waals surface area (Å²) >= 11 is 0. The van der Waals surface area contributed by atoms with Gasteiger partial charge in [-0.15, -0.1) is 0 Å². The number of aromatic amines is 1. The molecule has 4 nitrogen and oxygen atoms in total. The molecular formula is C15H12N2O2.